The van der Waals surface area contributed by atoms with E-state index in [1.807, 2.05) is 24.8 Å². The topological polar surface area (TPSA) is 148 Å². The molecule has 0 aromatic carbocycles. The fourth-order valence-corrected chi connectivity index (χ4v) is 5.39. The minimum atomic E-state index is -3.45. The molecule has 1 N–H and O–H groups in total. The Morgan fingerprint density at radius 3 is 2.24 bits per heavy atom. The number of ether oxygens (including phenoxy) is 1. The van der Waals surface area contributed by atoms with Gasteiger partial charge in [0, 0.05) is 51.5 Å². The molecule has 0 aliphatic carbocycles. The first-order valence-corrected chi connectivity index (χ1v) is 14.4. The van der Waals surface area contributed by atoms with Crippen molar-refractivity contribution >= 4 is 27.9 Å². The van der Waals surface area contributed by atoms with Gasteiger partial charge in [-0.1, -0.05) is 19.0 Å². The van der Waals surface area contributed by atoms with E-state index in [2.05, 4.69) is 20.0 Å². The lowest BCUT2D eigenvalue weighted by Gasteiger charge is -2.32. The molecule has 2 aromatic heterocycles. The zero-order valence-electron chi connectivity index (χ0n) is 21.4. The minimum Gasteiger partial charge on any atom is -0.487 e. The van der Waals surface area contributed by atoms with Crippen molar-refractivity contribution in [1.29, 1.82) is 0 Å². The zero-order valence-corrected chi connectivity index (χ0v) is 22.3. The van der Waals surface area contributed by atoms with Crippen LogP contribution in [-0.4, -0.2) is 79.3 Å². The highest BCUT2D eigenvalue weighted by Crippen LogP contribution is 2.26. The average Bonchev–Trinajstić information content (AvgIpc) is 3.31. The summed E-state index contributed by atoms with van der Waals surface area (Å²) in [5, 5.41) is 13.6. The molecular formula is C24H35N5O7S. The van der Waals surface area contributed by atoms with Gasteiger partial charge in [0.25, 0.3) is 10.1 Å². The Bertz CT molecular complexity index is 1140. The van der Waals surface area contributed by atoms with E-state index in [0.717, 1.165) is 38.0 Å². The van der Waals surface area contributed by atoms with E-state index in [0.29, 0.717) is 49.8 Å². The van der Waals surface area contributed by atoms with Crippen LogP contribution in [0.3, 0.4) is 0 Å². The second-order valence-corrected chi connectivity index (χ2v) is 11.7. The summed E-state index contributed by atoms with van der Waals surface area (Å²) in [5.41, 5.74) is 0. The summed E-state index contributed by atoms with van der Waals surface area (Å²) in [6.07, 6.45) is 7.24. The molecule has 4 rings (SSSR count). The lowest BCUT2D eigenvalue weighted by molar-refractivity contribution is -0.143. The van der Waals surface area contributed by atoms with Crippen LogP contribution in [0.5, 0.6) is 5.75 Å². The Morgan fingerprint density at radius 2 is 1.68 bits per heavy atom. The molecule has 0 spiro atoms. The third-order valence-electron chi connectivity index (χ3n) is 6.81. The van der Waals surface area contributed by atoms with Crippen LogP contribution in [0.25, 0.3) is 0 Å². The summed E-state index contributed by atoms with van der Waals surface area (Å²) in [5.74, 6) is 1.17. The molecule has 2 aliphatic rings. The molecule has 2 saturated heterocycles. The SMILES string of the molecule is CC(C)C(Cc1cc(N2CCC(Oc3cnc(N4CCC(OS(C)(=O)=O)CC4)nc3)CC2)no1)C(=O)O. The highest BCUT2D eigenvalue weighted by molar-refractivity contribution is 7.86. The summed E-state index contributed by atoms with van der Waals surface area (Å²) in [4.78, 5) is 24.5. The van der Waals surface area contributed by atoms with E-state index in [9.17, 15) is 18.3 Å². The first kappa shape index (κ1) is 27.1. The first-order valence-electron chi connectivity index (χ1n) is 12.6. The molecule has 4 heterocycles. The van der Waals surface area contributed by atoms with Gasteiger partial charge >= 0.3 is 5.97 Å². The lowest BCUT2D eigenvalue weighted by atomic mass is 9.92. The van der Waals surface area contributed by atoms with Gasteiger partial charge in [0.15, 0.2) is 11.6 Å². The molecule has 204 valence electrons. The maximum Gasteiger partial charge on any atom is 0.307 e. The number of nitrogens with zero attached hydrogens (tertiary/aromatic N) is 5. The fourth-order valence-electron chi connectivity index (χ4n) is 4.70. The number of rotatable bonds is 10. The number of aliphatic carboxylic acids is 1. The molecule has 0 saturated carbocycles. The van der Waals surface area contributed by atoms with Crippen LogP contribution in [0, 0.1) is 11.8 Å². The van der Waals surface area contributed by atoms with Crippen LogP contribution < -0.4 is 14.5 Å². The number of aromatic nitrogens is 3. The Hall–Kier alpha value is -2.93. The van der Waals surface area contributed by atoms with Crippen molar-refractivity contribution in [2.45, 2.75) is 58.2 Å². The largest absolute Gasteiger partial charge is 0.487 e. The highest BCUT2D eigenvalue weighted by atomic mass is 32.2. The number of carbonyl (C=O) groups is 1. The van der Waals surface area contributed by atoms with Gasteiger partial charge in [-0.2, -0.15) is 8.42 Å². The number of carboxylic acid groups (broad SMARTS) is 1. The van der Waals surface area contributed by atoms with Gasteiger partial charge in [-0.05, 0) is 18.8 Å². The predicted molar refractivity (Wildman–Crippen MR) is 135 cm³/mol. The van der Waals surface area contributed by atoms with Crippen LogP contribution in [0.1, 0.15) is 45.3 Å². The van der Waals surface area contributed by atoms with E-state index in [1.54, 1.807) is 12.4 Å². The molecule has 2 aromatic rings. The first-order chi connectivity index (χ1) is 17.6. The molecule has 12 nitrogen and oxygen atoms in total. The number of anilines is 2. The van der Waals surface area contributed by atoms with E-state index in [1.165, 1.54) is 0 Å². The second kappa shape index (κ2) is 11.6. The van der Waals surface area contributed by atoms with Crippen molar-refractivity contribution in [1.82, 2.24) is 15.1 Å². The number of piperidine rings is 2. The summed E-state index contributed by atoms with van der Waals surface area (Å²) in [7, 11) is -3.45. The smallest absolute Gasteiger partial charge is 0.307 e. The summed E-state index contributed by atoms with van der Waals surface area (Å²) in [6, 6.07) is 1.84. The van der Waals surface area contributed by atoms with Crippen molar-refractivity contribution in [3.8, 4) is 5.75 Å². The monoisotopic (exact) mass is 537 g/mol. The average molecular weight is 538 g/mol. The summed E-state index contributed by atoms with van der Waals surface area (Å²) in [6.45, 7) is 6.51. The molecular weight excluding hydrogens is 502 g/mol. The minimum absolute atomic E-state index is 0.00531. The van der Waals surface area contributed by atoms with Gasteiger partial charge in [-0.15, -0.1) is 0 Å². The molecule has 2 aliphatic heterocycles. The quantitative estimate of drug-likeness (QED) is 0.443. The third kappa shape index (κ3) is 7.54. The van der Waals surface area contributed by atoms with Crippen LogP contribution in [-0.2, 0) is 25.5 Å². The summed E-state index contributed by atoms with van der Waals surface area (Å²) < 4.78 is 39.2. The van der Waals surface area contributed by atoms with Crippen LogP contribution in [0.4, 0.5) is 11.8 Å². The molecule has 0 bridgehead atoms. The van der Waals surface area contributed by atoms with Gasteiger partial charge in [-0.3, -0.25) is 8.98 Å². The van der Waals surface area contributed by atoms with Crippen molar-refractivity contribution in [3.63, 3.8) is 0 Å². The maximum atomic E-state index is 11.5. The van der Waals surface area contributed by atoms with Gasteiger partial charge < -0.3 is 24.2 Å². The van der Waals surface area contributed by atoms with Crippen LogP contribution in [0.15, 0.2) is 23.0 Å². The van der Waals surface area contributed by atoms with E-state index in [-0.39, 0.29) is 18.1 Å². The molecule has 1 unspecified atom stereocenters. The van der Waals surface area contributed by atoms with E-state index in [4.69, 9.17) is 13.4 Å². The van der Waals surface area contributed by atoms with Crippen molar-refractivity contribution < 1.29 is 31.8 Å². The number of hydrogen-bond donors (Lipinski definition) is 1. The Kier molecular flexibility index (Phi) is 8.53. The van der Waals surface area contributed by atoms with Gasteiger partial charge in [-0.25, -0.2) is 9.97 Å². The van der Waals surface area contributed by atoms with Gasteiger partial charge in [0.2, 0.25) is 5.95 Å². The van der Waals surface area contributed by atoms with Crippen LogP contribution in [0.2, 0.25) is 0 Å². The van der Waals surface area contributed by atoms with Gasteiger partial charge in [0.1, 0.15) is 11.9 Å². The Balaban J connectivity index is 1.23. The Labute approximate surface area is 217 Å². The fraction of sp³-hybridized carbons (Fsp3) is 0.667. The molecule has 0 amide bonds. The van der Waals surface area contributed by atoms with Crippen molar-refractivity contribution in [2.24, 2.45) is 11.8 Å². The zero-order chi connectivity index (χ0) is 26.6. The molecule has 13 heteroatoms. The van der Waals surface area contributed by atoms with Gasteiger partial charge in [0.05, 0.1) is 30.7 Å². The molecule has 37 heavy (non-hydrogen) atoms. The van der Waals surface area contributed by atoms with E-state index < -0.39 is 22.0 Å². The normalized spacial score (nSPS) is 18.8. The highest BCUT2D eigenvalue weighted by Gasteiger charge is 2.27. The summed E-state index contributed by atoms with van der Waals surface area (Å²) >= 11 is 0. The molecule has 0 radical (unpaired) electrons. The number of carboxylic acids is 1. The second-order valence-electron chi connectivity index (χ2n) is 10.1. The van der Waals surface area contributed by atoms with Crippen molar-refractivity contribution in [3.05, 3.63) is 24.2 Å². The number of hydrogen-bond acceptors (Lipinski definition) is 11. The third-order valence-corrected chi connectivity index (χ3v) is 7.43. The maximum absolute atomic E-state index is 11.5. The van der Waals surface area contributed by atoms with E-state index >= 15 is 0 Å². The standard InChI is InChI=1S/C24H35N5O7S/c1-16(2)21(23(30)31)12-19-13-22(27-35-19)28-8-4-17(5-9-28)34-20-14-25-24(26-15-20)29-10-6-18(7-11-29)36-37(3,32)33/h13-18,21H,4-12H2,1-3H3,(H,30,31). The predicted octanol–water partition coefficient (Wildman–Crippen LogP) is 2.36. The van der Waals surface area contributed by atoms with Crippen LogP contribution >= 0.6 is 0 Å². The Morgan fingerprint density at radius 1 is 1.08 bits per heavy atom. The lowest BCUT2D eigenvalue weighted by Crippen LogP contribution is -2.39. The molecule has 2 fully saturated rings. The molecule has 1 atom stereocenters. The van der Waals surface area contributed by atoms with Crippen molar-refractivity contribution in [2.75, 3.05) is 42.2 Å².